The summed E-state index contributed by atoms with van der Waals surface area (Å²) in [6, 6.07) is 0. The zero-order chi connectivity index (χ0) is 8.81. The van der Waals surface area contributed by atoms with Gasteiger partial charge in [-0.2, -0.15) is 0 Å². The third-order valence-corrected chi connectivity index (χ3v) is 2.88. The van der Waals surface area contributed by atoms with E-state index in [1.165, 1.54) is 45.3 Å². The van der Waals surface area contributed by atoms with Gasteiger partial charge in [-0.15, -0.1) is 11.6 Å². The van der Waals surface area contributed by atoms with Crippen LogP contribution in [0.5, 0.6) is 0 Å². The number of halogens is 1. The van der Waals surface area contributed by atoms with Crippen molar-refractivity contribution in [2.24, 2.45) is 5.92 Å². The SMILES string of the molecule is CC1CCN(CCCCCCl)C1. The van der Waals surface area contributed by atoms with Crippen LogP contribution in [0, 0.1) is 5.92 Å². The summed E-state index contributed by atoms with van der Waals surface area (Å²) in [4.78, 5) is 2.58. The van der Waals surface area contributed by atoms with E-state index in [0.29, 0.717) is 0 Å². The van der Waals surface area contributed by atoms with Crippen LogP contribution in [0.1, 0.15) is 32.6 Å². The second-order valence-electron chi connectivity index (χ2n) is 3.94. The molecule has 0 radical (unpaired) electrons. The van der Waals surface area contributed by atoms with Gasteiger partial charge in [0.15, 0.2) is 0 Å². The van der Waals surface area contributed by atoms with Crippen LogP contribution in [0.4, 0.5) is 0 Å². The molecular weight excluding hydrogens is 170 g/mol. The lowest BCUT2D eigenvalue weighted by atomic mass is 10.2. The Hall–Kier alpha value is 0.250. The highest BCUT2D eigenvalue weighted by Crippen LogP contribution is 2.15. The fraction of sp³-hybridized carbons (Fsp3) is 1.00. The van der Waals surface area contributed by atoms with Gasteiger partial charge in [0.1, 0.15) is 0 Å². The Morgan fingerprint density at radius 1 is 1.33 bits per heavy atom. The largest absolute Gasteiger partial charge is 0.303 e. The monoisotopic (exact) mass is 189 g/mol. The number of hydrogen-bond donors (Lipinski definition) is 0. The molecule has 0 aromatic carbocycles. The maximum atomic E-state index is 5.61. The quantitative estimate of drug-likeness (QED) is 0.475. The second-order valence-corrected chi connectivity index (χ2v) is 4.32. The minimum absolute atomic E-state index is 0.830. The summed E-state index contributed by atoms with van der Waals surface area (Å²) in [7, 11) is 0. The molecule has 1 aliphatic heterocycles. The lowest BCUT2D eigenvalue weighted by Gasteiger charge is -2.14. The molecule has 12 heavy (non-hydrogen) atoms. The number of unbranched alkanes of at least 4 members (excludes halogenated alkanes) is 2. The van der Waals surface area contributed by atoms with Crippen molar-refractivity contribution >= 4 is 11.6 Å². The maximum Gasteiger partial charge on any atom is 0.0223 e. The molecule has 0 N–H and O–H groups in total. The normalized spacial score (nSPS) is 25.0. The minimum atomic E-state index is 0.830. The van der Waals surface area contributed by atoms with Gasteiger partial charge < -0.3 is 4.90 Å². The summed E-state index contributed by atoms with van der Waals surface area (Å²) in [6.45, 7) is 6.28. The number of alkyl halides is 1. The van der Waals surface area contributed by atoms with Crippen LogP contribution in [0.25, 0.3) is 0 Å². The standard InChI is InChI=1S/C10H20ClN/c1-10-5-8-12(9-10)7-4-2-3-6-11/h10H,2-9H2,1H3. The first kappa shape index (κ1) is 10.3. The van der Waals surface area contributed by atoms with Gasteiger partial charge in [-0.1, -0.05) is 13.3 Å². The molecule has 0 bridgehead atoms. The molecule has 72 valence electrons. The first-order valence-electron chi connectivity index (χ1n) is 5.11. The van der Waals surface area contributed by atoms with Gasteiger partial charge in [-0.3, -0.25) is 0 Å². The summed E-state index contributed by atoms with van der Waals surface area (Å²) >= 11 is 5.61. The van der Waals surface area contributed by atoms with E-state index in [9.17, 15) is 0 Å². The van der Waals surface area contributed by atoms with Crippen molar-refractivity contribution in [2.75, 3.05) is 25.5 Å². The molecule has 0 aliphatic carbocycles. The molecule has 1 saturated heterocycles. The predicted octanol–water partition coefficient (Wildman–Crippen LogP) is 2.74. The third-order valence-electron chi connectivity index (χ3n) is 2.62. The summed E-state index contributed by atoms with van der Waals surface area (Å²) in [5.41, 5.74) is 0. The predicted molar refractivity (Wildman–Crippen MR) is 54.8 cm³/mol. The van der Waals surface area contributed by atoms with Gasteiger partial charge >= 0.3 is 0 Å². The van der Waals surface area contributed by atoms with Crippen LogP contribution in [-0.4, -0.2) is 30.4 Å². The van der Waals surface area contributed by atoms with Crippen LogP contribution in [0.3, 0.4) is 0 Å². The number of rotatable bonds is 5. The summed E-state index contributed by atoms with van der Waals surface area (Å²) in [5, 5.41) is 0. The third kappa shape index (κ3) is 3.77. The zero-order valence-electron chi connectivity index (χ0n) is 8.06. The van der Waals surface area contributed by atoms with Gasteiger partial charge in [0, 0.05) is 12.4 Å². The van der Waals surface area contributed by atoms with Crippen molar-refractivity contribution < 1.29 is 0 Å². The van der Waals surface area contributed by atoms with Crippen LogP contribution in [0.2, 0.25) is 0 Å². The first-order valence-corrected chi connectivity index (χ1v) is 5.64. The molecule has 1 heterocycles. The fourth-order valence-corrected chi connectivity index (χ4v) is 2.03. The molecule has 1 unspecified atom stereocenters. The Bertz CT molecular complexity index is 116. The maximum absolute atomic E-state index is 5.61. The number of nitrogens with zero attached hydrogens (tertiary/aromatic N) is 1. The van der Waals surface area contributed by atoms with E-state index in [0.717, 1.165) is 11.8 Å². The summed E-state index contributed by atoms with van der Waals surface area (Å²) in [6.07, 6.45) is 5.22. The van der Waals surface area contributed by atoms with Crippen LogP contribution < -0.4 is 0 Å². The highest BCUT2D eigenvalue weighted by atomic mass is 35.5. The summed E-state index contributed by atoms with van der Waals surface area (Å²) in [5.74, 6) is 1.76. The molecule has 1 nitrogen and oxygen atoms in total. The first-order chi connectivity index (χ1) is 5.83. The second kappa shape index (κ2) is 5.82. The molecule has 2 heteroatoms. The molecule has 0 aromatic heterocycles. The van der Waals surface area contributed by atoms with Crippen LogP contribution in [-0.2, 0) is 0 Å². The van der Waals surface area contributed by atoms with Gasteiger partial charge in [0.05, 0.1) is 0 Å². The molecule has 1 rings (SSSR count). The van der Waals surface area contributed by atoms with Crippen molar-refractivity contribution in [3.8, 4) is 0 Å². The lowest BCUT2D eigenvalue weighted by Crippen LogP contribution is -2.21. The van der Waals surface area contributed by atoms with Crippen molar-refractivity contribution in [1.82, 2.24) is 4.90 Å². The van der Waals surface area contributed by atoms with Crippen molar-refractivity contribution in [3.63, 3.8) is 0 Å². The van der Waals surface area contributed by atoms with Crippen LogP contribution in [0.15, 0.2) is 0 Å². The lowest BCUT2D eigenvalue weighted by molar-refractivity contribution is 0.319. The Morgan fingerprint density at radius 2 is 2.17 bits per heavy atom. The van der Waals surface area contributed by atoms with E-state index < -0.39 is 0 Å². The fourth-order valence-electron chi connectivity index (χ4n) is 1.84. The van der Waals surface area contributed by atoms with E-state index in [2.05, 4.69) is 11.8 Å². The zero-order valence-corrected chi connectivity index (χ0v) is 8.82. The van der Waals surface area contributed by atoms with Crippen molar-refractivity contribution in [2.45, 2.75) is 32.6 Å². The van der Waals surface area contributed by atoms with Gasteiger partial charge in [-0.25, -0.2) is 0 Å². The molecule has 1 fully saturated rings. The van der Waals surface area contributed by atoms with E-state index >= 15 is 0 Å². The summed E-state index contributed by atoms with van der Waals surface area (Å²) < 4.78 is 0. The average Bonchev–Trinajstić information content (AvgIpc) is 2.45. The molecule has 1 atom stereocenters. The van der Waals surface area contributed by atoms with E-state index in [4.69, 9.17) is 11.6 Å². The Labute approximate surface area is 81.1 Å². The highest BCUT2D eigenvalue weighted by molar-refractivity contribution is 6.17. The molecule has 0 aromatic rings. The number of hydrogen-bond acceptors (Lipinski definition) is 1. The van der Waals surface area contributed by atoms with E-state index in [1.807, 2.05) is 0 Å². The Kier molecular flexibility index (Phi) is 5.01. The Morgan fingerprint density at radius 3 is 2.75 bits per heavy atom. The van der Waals surface area contributed by atoms with E-state index in [-0.39, 0.29) is 0 Å². The number of likely N-dealkylation sites (tertiary alicyclic amines) is 1. The smallest absolute Gasteiger partial charge is 0.0223 e. The topological polar surface area (TPSA) is 3.24 Å². The van der Waals surface area contributed by atoms with Gasteiger partial charge in [0.25, 0.3) is 0 Å². The van der Waals surface area contributed by atoms with Crippen molar-refractivity contribution in [1.29, 1.82) is 0 Å². The highest BCUT2D eigenvalue weighted by Gasteiger charge is 2.17. The van der Waals surface area contributed by atoms with Gasteiger partial charge in [-0.05, 0) is 38.3 Å². The van der Waals surface area contributed by atoms with Crippen molar-refractivity contribution in [3.05, 3.63) is 0 Å². The molecular formula is C10H20ClN. The van der Waals surface area contributed by atoms with E-state index in [1.54, 1.807) is 0 Å². The Balaban J connectivity index is 1.93. The molecule has 0 spiro atoms. The molecule has 1 aliphatic rings. The average molecular weight is 190 g/mol. The molecule has 0 amide bonds. The molecule has 0 saturated carbocycles. The minimum Gasteiger partial charge on any atom is -0.303 e. The van der Waals surface area contributed by atoms with Crippen LogP contribution >= 0.6 is 11.6 Å². The van der Waals surface area contributed by atoms with Gasteiger partial charge in [0.2, 0.25) is 0 Å².